The molecule has 0 saturated heterocycles. The molecule has 0 aliphatic carbocycles. The molecule has 2 heterocycles. The van der Waals surface area contributed by atoms with E-state index in [9.17, 15) is 9.59 Å². The number of benzene rings is 1. The lowest BCUT2D eigenvalue weighted by atomic mass is 10.2. The van der Waals surface area contributed by atoms with Crippen LogP contribution >= 0.6 is 0 Å². The highest BCUT2D eigenvalue weighted by molar-refractivity contribution is 5.99. The van der Waals surface area contributed by atoms with Gasteiger partial charge >= 0.3 is 5.97 Å². The predicted octanol–water partition coefficient (Wildman–Crippen LogP) is 1.30. The van der Waals surface area contributed by atoms with Crippen molar-refractivity contribution in [2.75, 3.05) is 7.11 Å². The molecule has 0 bridgehead atoms. The first-order chi connectivity index (χ1) is 10.2. The van der Waals surface area contributed by atoms with E-state index in [1.807, 2.05) is 6.07 Å². The molecular weight excluding hydrogens is 272 g/mol. The minimum absolute atomic E-state index is 0.0628. The van der Waals surface area contributed by atoms with Crippen LogP contribution in [0.2, 0.25) is 0 Å². The van der Waals surface area contributed by atoms with Crippen molar-refractivity contribution in [2.45, 2.75) is 0 Å². The topological polar surface area (TPSA) is 87.0 Å². The Morgan fingerprint density at radius 3 is 2.62 bits per heavy atom. The molecule has 0 radical (unpaired) electrons. The smallest absolute Gasteiger partial charge is 0.356 e. The van der Waals surface area contributed by atoms with Crippen molar-refractivity contribution in [3.63, 3.8) is 0 Å². The van der Waals surface area contributed by atoms with Crippen LogP contribution in [0.3, 0.4) is 0 Å². The van der Waals surface area contributed by atoms with Gasteiger partial charge in [0.05, 0.1) is 12.6 Å². The molecule has 21 heavy (non-hydrogen) atoms. The van der Waals surface area contributed by atoms with E-state index in [1.165, 1.54) is 19.2 Å². The number of hydrogen-bond donors (Lipinski definition) is 0. The molecule has 7 nitrogen and oxygen atoms in total. The average Bonchev–Trinajstić information content (AvgIpc) is 2.97. The van der Waals surface area contributed by atoms with Gasteiger partial charge in [0.1, 0.15) is 16.9 Å². The van der Waals surface area contributed by atoms with E-state index >= 15 is 0 Å². The molecule has 0 spiro atoms. The van der Waals surface area contributed by atoms with Gasteiger partial charge in [0, 0.05) is 0 Å². The lowest BCUT2D eigenvalue weighted by Gasteiger charge is -2.03. The standard InChI is InChI=1S/C14H10N4O3/c1-21-14(20)11-7-4-6-10(15-11)13(19)18-12-8-3-2-5-9(12)16-17-18/h2-8H,1H3. The first kappa shape index (κ1) is 12.9. The molecule has 0 saturated carbocycles. The fourth-order valence-corrected chi connectivity index (χ4v) is 1.90. The monoisotopic (exact) mass is 282 g/mol. The number of para-hydroxylation sites is 1. The van der Waals surface area contributed by atoms with Gasteiger partial charge in [0.15, 0.2) is 0 Å². The van der Waals surface area contributed by atoms with Crippen LogP contribution in [0.25, 0.3) is 11.0 Å². The summed E-state index contributed by atoms with van der Waals surface area (Å²) < 4.78 is 5.74. The van der Waals surface area contributed by atoms with E-state index in [4.69, 9.17) is 0 Å². The highest BCUT2D eigenvalue weighted by Crippen LogP contribution is 2.12. The third kappa shape index (κ3) is 2.25. The summed E-state index contributed by atoms with van der Waals surface area (Å²) >= 11 is 0. The lowest BCUT2D eigenvalue weighted by Crippen LogP contribution is -2.17. The molecule has 7 heteroatoms. The van der Waals surface area contributed by atoms with Crippen LogP contribution in [-0.4, -0.2) is 39.0 Å². The number of ether oxygens (including phenoxy) is 1. The number of fused-ring (bicyclic) bond motifs is 1. The van der Waals surface area contributed by atoms with E-state index < -0.39 is 11.9 Å². The normalized spacial score (nSPS) is 10.5. The number of pyridine rings is 1. The Hall–Kier alpha value is -3.09. The Bertz CT molecular complexity index is 841. The van der Waals surface area contributed by atoms with Crippen molar-refractivity contribution in [1.82, 2.24) is 20.0 Å². The Morgan fingerprint density at radius 1 is 1.05 bits per heavy atom. The van der Waals surface area contributed by atoms with Gasteiger partial charge in [-0.05, 0) is 24.3 Å². The fraction of sp³-hybridized carbons (Fsp3) is 0.0714. The zero-order valence-electron chi connectivity index (χ0n) is 11.1. The second-order valence-electron chi connectivity index (χ2n) is 4.19. The Morgan fingerprint density at radius 2 is 1.81 bits per heavy atom. The van der Waals surface area contributed by atoms with Crippen LogP contribution in [0, 0.1) is 0 Å². The van der Waals surface area contributed by atoms with Gasteiger partial charge in [-0.15, -0.1) is 5.10 Å². The number of nitrogens with zero attached hydrogens (tertiary/aromatic N) is 4. The maximum atomic E-state index is 12.4. The second kappa shape index (κ2) is 5.12. The molecule has 0 N–H and O–H groups in total. The van der Waals surface area contributed by atoms with Crippen LogP contribution < -0.4 is 0 Å². The molecule has 0 aliphatic heterocycles. The summed E-state index contributed by atoms with van der Waals surface area (Å²) in [5, 5.41) is 7.74. The molecule has 3 rings (SSSR count). The van der Waals surface area contributed by atoms with Crippen molar-refractivity contribution in [3.05, 3.63) is 53.9 Å². The first-order valence-corrected chi connectivity index (χ1v) is 6.11. The van der Waals surface area contributed by atoms with E-state index in [0.29, 0.717) is 11.0 Å². The highest BCUT2D eigenvalue weighted by atomic mass is 16.5. The number of carbonyl (C=O) groups excluding carboxylic acids is 2. The fourth-order valence-electron chi connectivity index (χ4n) is 1.90. The SMILES string of the molecule is COC(=O)c1cccc(C(=O)n2nnc3ccccc32)n1. The largest absolute Gasteiger partial charge is 0.464 e. The van der Waals surface area contributed by atoms with Crippen molar-refractivity contribution in [3.8, 4) is 0 Å². The van der Waals surface area contributed by atoms with Gasteiger partial charge in [-0.1, -0.05) is 23.4 Å². The van der Waals surface area contributed by atoms with Gasteiger partial charge in [-0.25, -0.2) is 9.78 Å². The Labute approximate surface area is 119 Å². The van der Waals surface area contributed by atoms with Crippen molar-refractivity contribution in [1.29, 1.82) is 0 Å². The summed E-state index contributed by atoms with van der Waals surface area (Å²) in [6.07, 6.45) is 0. The molecule has 2 aromatic heterocycles. The van der Waals surface area contributed by atoms with E-state index in [1.54, 1.807) is 24.3 Å². The third-order valence-electron chi connectivity index (χ3n) is 2.91. The lowest BCUT2D eigenvalue weighted by molar-refractivity contribution is 0.0594. The Balaban J connectivity index is 2.04. The number of methoxy groups -OCH3 is 1. The van der Waals surface area contributed by atoms with E-state index in [0.717, 1.165) is 4.68 Å². The van der Waals surface area contributed by atoms with Crippen LogP contribution in [0.4, 0.5) is 0 Å². The van der Waals surface area contributed by atoms with Crippen molar-refractivity contribution < 1.29 is 14.3 Å². The van der Waals surface area contributed by atoms with Crippen molar-refractivity contribution >= 4 is 22.9 Å². The van der Waals surface area contributed by atoms with Gasteiger partial charge < -0.3 is 4.74 Å². The number of carbonyl (C=O) groups is 2. The number of aromatic nitrogens is 4. The van der Waals surface area contributed by atoms with Crippen molar-refractivity contribution in [2.24, 2.45) is 0 Å². The molecular formula is C14H10N4O3. The van der Waals surface area contributed by atoms with Gasteiger partial charge in [-0.3, -0.25) is 4.79 Å². The molecule has 0 aliphatic rings. The summed E-state index contributed by atoms with van der Waals surface area (Å²) in [4.78, 5) is 27.9. The van der Waals surface area contributed by atoms with Crippen LogP contribution in [0.15, 0.2) is 42.5 Å². The quantitative estimate of drug-likeness (QED) is 0.658. The molecule has 0 fully saturated rings. The number of rotatable bonds is 2. The predicted molar refractivity (Wildman–Crippen MR) is 72.8 cm³/mol. The third-order valence-corrected chi connectivity index (χ3v) is 2.91. The average molecular weight is 282 g/mol. The molecule has 1 aromatic carbocycles. The molecule has 0 amide bonds. The van der Waals surface area contributed by atoms with Gasteiger partial charge in [0.2, 0.25) is 0 Å². The highest BCUT2D eigenvalue weighted by Gasteiger charge is 2.17. The zero-order chi connectivity index (χ0) is 14.8. The van der Waals surface area contributed by atoms with Gasteiger partial charge in [-0.2, -0.15) is 4.68 Å². The minimum Gasteiger partial charge on any atom is -0.464 e. The van der Waals surface area contributed by atoms with Crippen LogP contribution in [0.1, 0.15) is 21.0 Å². The zero-order valence-corrected chi connectivity index (χ0v) is 11.1. The van der Waals surface area contributed by atoms with E-state index in [-0.39, 0.29) is 11.4 Å². The Kier molecular flexibility index (Phi) is 3.15. The first-order valence-electron chi connectivity index (χ1n) is 6.11. The molecule has 0 atom stereocenters. The number of esters is 1. The van der Waals surface area contributed by atoms with Gasteiger partial charge in [0.25, 0.3) is 5.91 Å². The summed E-state index contributed by atoms with van der Waals surface area (Å²) in [5.74, 6) is -1.07. The second-order valence-corrected chi connectivity index (χ2v) is 4.19. The van der Waals surface area contributed by atoms with Crippen LogP contribution in [0.5, 0.6) is 0 Å². The molecule has 3 aromatic rings. The van der Waals surface area contributed by atoms with Crippen LogP contribution in [-0.2, 0) is 4.74 Å². The summed E-state index contributed by atoms with van der Waals surface area (Å²) in [6, 6.07) is 11.6. The molecule has 0 unspecified atom stereocenters. The molecule has 104 valence electrons. The minimum atomic E-state index is -0.604. The maximum absolute atomic E-state index is 12.4. The summed E-state index contributed by atoms with van der Waals surface area (Å²) in [5.41, 5.74) is 1.34. The van der Waals surface area contributed by atoms with E-state index in [2.05, 4.69) is 20.0 Å². The number of hydrogen-bond acceptors (Lipinski definition) is 6. The summed E-state index contributed by atoms with van der Waals surface area (Å²) in [6.45, 7) is 0. The maximum Gasteiger partial charge on any atom is 0.356 e. The summed E-state index contributed by atoms with van der Waals surface area (Å²) in [7, 11) is 1.25.